The van der Waals surface area contributed by atoms with Crippen LogP contribution in [0.5, 0.6) is 0 Å². The first-order chi connectivity index (χ1) is 8.26. The van der Waals surface area contributed by atoms with Crippen LogP contribution in [0, 0.1) is 6.92 Å². The van der Waals surface area contributed by atoms with Crippen LogP contribution in [0.3, 0.4) is 0 Å². The molecule has 0 N–H and O–H groups in total. The summed E-state index contributed by atoms with van der Waals surface area (Å²) in [5.74, 6) is 0.951. The van der Waals surface area contributed by atoms with Crippen molar-refractivity contribution in [2.75, 3.05) is 18.0 Å². The Kier molecular flexibility index (Phi) is 3.97. The number of fused-ring (bicyclic) bond motifs is 1. The van der Waals surface area contributed by atoms with Crippen molar-refractivity contribution in [3.05, 3.63) is 17.0 Å². The van der Waals surface area contributed by atoms with Crippen LogP contribution in [0.4, 0.5) is 5.95 Å². The van der Waals surface area contributed by atoms with Crippen molar-refractivity contribution < 1.29 is 0 Å². The van der Waals surface area contributed by atoms with Gasteiger partial charge in [0, 0.05) is 24.5 Å². The van der Waals surface area contributed by atoms with Crippen LogP contribution in [0.2, 0.25) is 0 Å². The molecule has 0 unspecified atom stereocenters. The molecule has 1 heterocycles. The Morgan fingerprint density at radius 2 is 1.76 bits per heavy atom. The molecule has 1 aliphatic carbocycles. The van der Waals surface area contributed by atoms with Crippen molar-refractivity contribution in [3.8, 4) is 0 Å². The van der Waals surface area contributed by atoms with Gasteiger partial charge in [-0.15, -0.1) is 0 Å². The Hall–Kier alpha value is -1.12. The fraction of sp³-hybridized carbons (Fsp3) is 0.714. The van der Waals surface area contributed by atoms with E-state index in [1.807, 2.05) is 0 Å². The number of aryl methyl sites for hydroxylation is 2. The quantitative estimate of drug-likeness (QED) is 0.783. The zero-order valence-electron chi connectivity index (χ0n) is 11.3. The van der Waals surface area contributed by atoms with Crippen LogP contribution >= 0.6 is 0 Å². The predicted octanol–water partition coefficient (Wildman–Crippen LogP) is 2.90. The van der Waals surface area contributed by atoms with Gasteiger partial charge in [0.1, 0.15) is 0 Å². The zero-order valence-corrected chi connectivity index (χ0v) is 11.3. The van der Waals surface area contributed by atoms with E-state index in [1.54, 1.807) is 0 Å². The first-order valence-electron chi connectivity index (χ1n) is 6.87. The fourth-order valence-corrected chi connectivity index (χ4v) is 2.60. The molecule has 0 aliphatic heterocycles. The molecule has 0 saturated carbocycles. The lowest BCUT2D eigenvalue weighted by atomic mass is 10.2. The second kappa shape index (κ2) is 5.48. The monoisotopic (exact) mass is 233 g/mol. The highest BCUT2D eigenvalue weighted by Crippen LogP contribution is 2.24. The van der Waals surface area contributed by atoms with E-state index in [2.05, 4.69) is 25.7 Å². The largest absolute Gasteiger partial charge is 0.341 e. The van der Waals surface area contributed by atoms with Crippen LogP contribution in [-0.4, -0.2) is 23.1 Å². The van der Waals surface area contributed by atoms with E-state index >= 15 is 0 Å². The van der Waals surface area contributed by atoms with Gasteiger partial charge in [-0.05, 0) is 44.6 Å². The molecular formula is C14H23N3. The summed E-state index contributed by atoms with van der Waals surface area (Å²) in [6, 6.07) is 0. The Balaban J connectivity index is 2.27. The summed E-state index contributed by atoms with van der Waals surface area (Å²) < 4.78 is 0. The minimum absolute atomic E-state index is 0.951. The first kappa shape index (κ1) is 12.3. The molecule has 0 bridgehead atoms. The van der Waals surface area contributed by atoms with Gasteiger partial charge in [-0.3, -0.25) is 0 Å². The molecule has 1 aliphatic rings. The van der Waals surface area contributed by atoms with Gasteiger partial charge in [0.2, 0.25) is 5.95 Å². The zero-order chi connectivity index (χ0) is 12.3. The lowest BCUT2D eigenvalue weighted by Gasteiger charge is -2.22. The van der Waals surface area contributed by atoms with E-state index in [0.29, 0.717) is 0 Å². The van der Waals surface area contributed by atoms with E-state index < -0.39 is 0 Å². The van der Waals surface area contributed by atoms with Crippen LogP contribution in [0.15, 0.2) is 0 Å². The van der Waals surface area contributed by atoms with Crippen LogP contribution in [-0.2, 0) is 12.8 Å². The number of aromatic nitrogens is 2. The smallest absolute Gasteiger partial charge is 0.225 e. The minimum Gasteiger partial charge on any atom is -0.341 e. The summed E-state index contributed by atoms with van der Waals surface area (Å²) >= 11 is 0. The average molecular weight is 233 g/mol. The summed E-state index contributed by atoms with van der Waals surface area (Å²) in [5.41, 5.74) is 3.89. The summed E-state index contributed by atoms with van der Waals surface area (Å²) in [4.78, 5) is 11.8. The van der Waals surface area contributed by atoms with Crippen molar-refractivity contribution >= 4 is 5.95 Å². The van der Waals surface area contributed by atoms with Crippen molar-refractivity contribution in [2.24, 2.45) is 0 Å². The van der Waals surface area contributed by atoms with E-state index in [9.17, 15) is 0 Å². The molecule has 3 heteroatoms. The molecule has 0 atom stereocenters. The van der Waals surface area contributed by atoms with E-state index in [0.717, 1.165) is 38.3 Å². The van der Waals surface area contributed by atoms with E-state index in [-0.39, 0.29) is 0 Å². The summed E-state index contributed by atoms with van der Waals surface area (Å²) in [5, 5.41) is 0. The first-order valence-corrected chi connectivity index (χ1v) is 6.87. The maximum Gasteiger partial charge on any atom is 0.225 e. The van der Waals surface area contributed by atoms with Gasteiger partial charge in [-0.1, -0.05) is 13.8 Å². The van der Waals surface area contributed by atoms with Gasteiger partial charge in [-0.25, -0.2) is 9.97 Å². The van der Waals surface area contributed by atoms with Gasteiger partial charge >= 0.3 is 0 Å². The molecule has 2 rings (SSSR count). The number of hydrogen-bond donors (Lipinski definition) is 0. The van der Waals surface area contributed by atoms with Gasteiger partial charge in [0.15, 0.2) is 0 Å². The molecule has 0 fully saturated rings. The van der Waals surface area contributed by atoms with E-state index in [4.69, 9.17) is 9.97 Å². The molecule has 3 nitrogen and oxygen atoms in total. The lowest BCUT2D eigenvalue weighted by Crippen LogP contribution is -2.27. The third kappa shape index (κ3) is 2.59. The lowest BCUT2D eigenvalue weighted by molar-refractivity contribution is 0.715. The minimum atomic E-state index is 0.951. The number of rotatable bonds is 5. The van der Waals surface area contributed by atoms with Gasteiger partial charge < -0.3 is 4.90 Å². The van der Waals surface area contributed by atoms with Crippen LogP contribution in [0.1, 0.15) is 50.1 Å². The molecule has 0 aromatic carbocycles. The van der Waals surface area contributed by atoms with Crippen LogP contribution in [0.25, 0.3) is 0 Å². The normalized spacial score (nSPS) is 13.8. The number of anilines is 1. The molecule has 0 spiro atoms. The number of nitrogens with zero attached hydrogens (tertiary/aromatic N) is 3. The van der Waals surface area contributed by atoms with Crippen molar-refractivity contribution in [1.29, 1.82) is 0 Å². The number of hydrogen-bond acceptors (Lipinski definition) is 3. The molecular weight excluding hydrogens is 210 g/mol. The summed E-state index contributed by atoms with van der Waals surface area (Å²) in [6.07, 6.45) is 5.86. The molecule has 17 heavy (non-hydrogen) atoms. The highest BCUT2D eigenvalue weighted by molar-refractivity contribution is 5.38. The second-order valence-corrected chi connectivity index (χ2v) is 4.87. The van der Waals surface area contributed by atoms with Gasteiger partial charge in [-0.2, -0.15) is 0 Å². The highest BCUT2D eigenvalue weighted by Gasteiger charge is 2.18. The molecule has 1 aromatic rings. The Morgan fingerprint density at radius 1 is 1.06 bits per heavy atom. The average Bonchev–Trinajstić information content (AvgIpc) is 2.77. The Labute approximate surface area is 104 Å². The maximum atomic E-state index is 4.77. The van der Waals surface area contributed by atoms with Crippen molar-refractivity contribution in [3.63, 3.8) is 0 Å². The van der Waals surface area contributed by atoms with Crippen LogP contribution < -0.4 is 4.90 Å². The second-order valence-electron chi connectivity index (χ2n) is 4.87. The summed E-state index contributed by atoms with van der Waals surface area (Å²) in [7, 11) is 0. The third-order valence-corrected chi connectivity index (χ3v) is 3.40. The Morgan fingerprint density at radius 3 is 2.41 bits per heavy atom. The summed E-state index contributed by atoms with van der Waals surface area (Å²) in [6.45, 7) is 8.68. The molecule has 0 radical (unpaired) electrons. The van der Waals surface area contributed by atoms with Gasteiger partial charge in [0.05, 0.1) is 0 Å². The molecule has 0 amide bonds. The van der Waals surface area contributed by atoms with Gasteiger partial charge in [0.25, 0.3) is 0 Å². The third-order valence-electron chi connectivity index (χ3n) is 3.40. The highest BCUT2D eigenvalue weighted by atomic mass is 15.2. The molecule has 94 valence electrons. The topological polar surface area (TPSA) is 29.0 Å². The Bertz CT molecular complexity index is 381. The van der Waals surface area contributed by atoms with Crippen molar-refractivity contribution in [1.82, 2.24) is 9.97 Å². The maximum absolute atomic E-state index is 4.77. The fourth-order valence-electron chi connectivity index (χ4n) is 2.60. The molecule has 0 saturated heterocycles. The van der Waals surface area contributed by atoms with E-state index in [1.165, 1.54) is 29.8 Å². The van der Waals surface area contributed by atoms with Crippen molar-refractivity contribution in [2.45, 2.75) is 52.9 Å². The predicted molar refractivity (Wildman–Crippen MR) is 71.6 cm³/mol. The standard InChI is InChI=1S/C14H23N3/c1-4-9-17(10-5-2)14-15-11(3)12-7-6-8-13(12)16-14/h4-10H2,1-3H3. The molecule has 1 aromatic heterocycles. The SMILES string of the molecule is CCCN(CCC)c1nc(C)c2c(n1)CCC2.